The molecular weight excluding hydrogens is 296 g/mol. The number of H-pyrrole nitrogens is 1. The van der Waals surface area contributed by atoms with Gasteiger partial charge in [0.05, 0.1) is 0 Å². The molecule has 8 nitrogen and oxygen atoms in total. The van der Waals surface area contributed by atoms with E-state index in [1.54, 1.807) is 0 Å². The van der Waals surface area contributed by atoms with Crippen molar-refractivity contribution in [2.24, 2.45) is 5.10 Å². The number of carbonyl (C=O) groups excluding carboxylic acids is 2. The van der Waals surface area contributed by atoms with Gasteiger partial charge in [-0.05, 0) is 6.92 Å². The standard InChI is InChI=1S/C15H16N6O2/c1-9-3-5-10(6-4-9)13-16-15(19-18-13)17-14(23)11-7-8-12(22)21(2)20-11/h3-6H,7-8H2,1-2H3,(H2,16,17,18,19,23). The van der Waals surface area contributed by atoms with Crippen LogP contribution in [0, 0.1) is 6.92 Å². The van der Waals surface area contributed by atoms with Crippen molar-refractivity contribution in [3.05, 3.63) is 29.8 Å². The average molecular weight is 312 g/mol. The monoisotopic (exact) mass is 312 g/mol. The number of amides is 2. The van der Waals surface area contributed by atoms with E-state index in [2.05, 4.69) is 25.6 Å². The van der Waals surface area contributed by atoms with Crippen LogP contribution in [0.25, 0.3) is 11.4 Å². The highest BCUT2D eigenvalue weighted by atomic mass is 16.2. The smallest absolute Gasteiger partial charge is 0.274 e. The van der Waals surface area contributed by atoms with Crippen LogP contribution in [0.4, 0.5) is 5.95 Å². The van der Waals surface area contributed by atoms with Crippen molar-refractivity contribution in [2.45, 2.75) is 19.8 Å². The molecule has 0 unspecified atom stereocenters. The maximum absolute atomic E-state index is 12.1. The van der Waals surface area contributed by atoms with Gasteiger partial charge in [0, 0.05) is 25.5 Å². The van der Waals surface area contributed by atoms with Crippen LogP contribution >= 0.6 is 0 Å². The zero-order valence-corrected chi connectivity index (χ0v) is 12.8. The molecule has 0 aliphatic carbocycles. The molecule has 0 saturated carbocycles. The van der Waals surface area contributed by atoms with Crippen molar-refractivity contribution < 1.29 is 9.59 Å². The zero-order valence-electron chi connectivity index (χ0n) is 12.8. The number of rotatable bonds is 3. The van der Waals surface area contributed by atoms with E-state index in [1.807, 2.05) is 31.2 Å². The lowest BCUT2D eigenvalue weighted by atomic mass is 10.1. The quantitative estimate of drug-likeness (QED) is 0.892. The highest BCUT2D eigenvalue weighted by Gasteiger charge is 2.22. The second kappa shape index (κ2) is 5.99. The number of nitrogens with zero attached hydrogens (tertiary/aromatic N) is 4. The molecule has 2 N–H and O–H groups in total. The SMILES string of the molecule is Cc1ccc(-c2nc(NC(=O)C3=NN(C)C(=O)CC3)n[nH]2)cc1. The maximum atomic E-state index is 12.1. The Labute approximate surface area is 132 Å². The van der Waals surface area contributed by atoms with Crippen LogP contribution in [0.2, 0.25) is 0 Å². The lowest BCUT2D eigenvalue weighted by Crippen LogP contribution is -2.34. The first-order valence-corrected chi connectivity index (χ1v) is 7.18. The van der Waals surface area contributed by atoms with E-state index in [0.717, 1.165) is 11.1 Å². The van der Waals surface area contributed by atoms with E-state index >= 15 is 0 Å². The van der Waals surface area contributed by atoms with Gasteiger partial charge >= 0.3 is 0 Å². The molecule has 3 rings (SSSR count). The summed E-state index contributed by atoms with van der Waals surface area (Å²) in [5.74, 6) is 0.228. The van der Waals surface area contributed by atoms with Gasteiger partial charge in [0.15, 0.2) is 5.82 Å². The van der Waals surface area contributed by atoms with Gasteiger partial charge in [0.2, 0.25) is 11.9 Å². The van der Waals surface area contributed by atoms with Crippen molar-refractivity contribution in [1.82, 2.24) is 20.2 Å². The average Bonchev–Trinajstić information content (AvgIpc) is 2.99. The summed E-state index contributed by atoms with van der Waals surface area (Å²) in [6, 6.07) is 7.79. The Morgan fingerprint density at radius 1 is 1.26 bits per heavy atom. The van der Waals surface area contributed by atoms with Crippen LogP contribution in [0.1, 0.15) is 18.4 Å². The topological polar surface area (TPSA) is 103 Å². The van der Waals surface area contributed by atoms with Gasteiger partial charge < -0.3 is 0 Å². The highest BCUT2D eigenvalue weighted by Crippen LogP contribution is 2.16. The van der Waals surface area contributed by atoms with Crippen molar-refractivity contribution in [3.63, 3.8) is 0 Å². The molecule has 2 heterocycles. The summed E-state index contributed by atoms with van der Waals surface area (Å²) >= 11 is 0. The van der Waals surface area contributed by atoms with E-state index in [0.29, 0.717) is 12.2 Å². The minimum absolute atomic E-state index is 0.110. The first kappa shape index (κ1) is 14.9. The number of nitrogens with one attached hydrogen (secondary N) is 2. The molecule has 0 radical (unpaired) electrons. The lowest BCUT2D eigenvalue weighted by molar-refractivity contribution is -0.130. The number of aromatic amines is 1. The first-order chi connectivity index (χ1) is 11.0. The molecule has 23 heavy (non-hydrogen) atoms. The van der Waals surface area contributed by atoms with Crippen LogP contribution in [0.5, 0.6) is 0 Å². The van der Waals surface area contributed by atoms with Crippen LogP contribution in [0.3, 0.4) is 0 Å². The molecule has 0 bridgehead atoms. The minimum Gasteiger partial charge on any atom is -0.288 e. The Balaban J connectivity index is 1.72. The Bertz CT molecular complexity index is 778. The largest absolute Gasteiger partial charge is 0.288 e. The number of aryl methyl sites for hydroxylation is 1. The van der Waals surface area contributed by atoms with Crippen molar-refractivity contribution in [2.75, 3.05) is 12.4 Å². The Hall–Kier alpha value is -3.03. The van der Waals surface area contributed by atoms with E-state index in [-0.39, 0.29) is 24.0 Å². The van der Waals surface area contributed by atoms with E-state index in [9.17, 15) is 9.59 Å². The van der Waals surface area contributed by atoms with Gasteiger partial charge in [0.1, 0.15) is 5.71 Å². The maximum Gasteiger partial charge on any atom is 0.274 e. The van der Waals surface area contributed by atoms with Crippen LogP contribution < -0.4 is 5.32 Å². The number of hydrogen-bond acceptors (Lipinski definition) is 5. The van der Waals surface area contributed by atoms with Gasteiger partial charge in [-0.15, -0.1) is 5.10 Å². The zero-order chi connectivity index (χ0) is 16.4. The molecule has 118 valence electrons. The molecule has 1 aliphatic heterocycles. The van der Waals surface area contributed by atoms with Crippen LogP contribution in [-0.2, 0) is 9.59 Å². The van der Waals surface area contributed by atoms with Gasteiger partial charge in [-0.25, -0.2) is 5.01 Å². The minimum atomic E-state index is -0.404. The van der Waals surface area contributed by atoms with E-state index in [1.165, 1.54) is 12.1 Å². The number of hydrazone groups is 1. The summed E-state index contributed by atoms with van der Waals surface area (Å²) in [5.41, 5.74) is 2.31. The molecule has 0 saturated heterocycles. The third kappa shape index (κ3) is 3.25. The molecular formula is C15H16N6O2. The fraction of sp³-hybridized carbons (Fsp3) is 0.267. The fourth-order valence-corrected chi connectivity index (χ4v) is 2.16. The Kier molecular flexibility index (Phi) is 3.88. The summed E-state index contributed by atoms with van der Waals surface area (Å²) in [6.45, 7) is 2.00. The van der Waals surface area contributed by atoms with Crippen LogP contribution in [0.15, 0.2) is 29.4 Å². The Morgan fingerprint density at radius 2 is 2.00 bits per heavy atom. The fourth-order valence-electron chi connectivity index (χ4n) is 2.16. The molecule has 0 atom stereocenters. The predicted molar refractivity (Wildman–Crippen MR) is 84.6 cm³/mol. The molecule has 8 heteroatoms. The summed E-state index contributed by atoms with van der Waals surface area (Å²) in [6.07, 6.45) is 0.579. The van der Waals surface area contributed by atoms with Crippen molar-refractivity contribution in [1.29, 1.82) is 0 Å². The second-order valence-corrected chi connectivity index (χ2v) is 5.29. The summed E-state index contributed by atoms with van der Waals surface area (Å²) in [5, 5.41) is 14.5. The lowest BCUT2D eigenvalue weighted by Gasteiger charge is -2.18. The third-order valence-electron chi connectivity index (χ3n) is 3.51. The molecule has 0 spiro atoms. The number of carbonyl (C=O) groups is 2. The van der Waals surface area contributed by atoms with Crippen molar-refractivity contribution >= 4 is 23.5 Å². The molecule has 2 aromatic rings. The predicted octanol–water partition coefficient (Wildman–Crippen LogP) is 1.33. The van der Waals surface area contributed by atoms with Crippen LogP contribution in [-0.4, -0.2) is 44.8 Å². The molecule has 1 aromatic carbocycles. The molecule has 0 fully saturated rings. The second-order valence-electron chi connectivity index (χ2n) is 5.29. The number of aromatic nitrogens is 3. The molecule has 1 aromatic heterocycles. The number of hydrogen-bond donors (Lipinski definition) is 2. The van der Waals surface area contributed by atoms with Gasteiger partial charge in [-0.2, -0.15) is 10.1 Å². The summed E-state index contributed by atoms with van der Waals surface area (Å²) in [4.78, 5) is 27.7. The Morgan fingerprint density at radius 3 is 2.70 bits per heavy atom. The molecule has 1 aliphatic rings. The molecule has 2 amide bonds. The van der Waals surface area contributed by atoms with Gasteiger partial charge in [-0.1, -0.05) is 29.8 Å². The van der Waals surface area contributed by atoms with Gasteiger partial charge in [0.25, 0.3) is 5.91 Å². The van der Waals surface area contributed by atoms with E-state index in [4.69, 9.17) is 0 Å². The number of anilines is 1. The highest BCUT2D eigenvalue weighted by molar-refractivity contribution is 6.43. The van der Waals surface area contributed by atoms with Gasteiger partial charge in [-0.3, -0.25) is 20.0 Å². The summed E-state index contributed by atoms with van der Waals surface area (Å²) in [7, 11) is 1.52. The van der Waals surface area contributed by atoms with Crippen molar-refractivity contribution in [3.8, 4) is 11.4 Å². The number of benzene rings is 1. The normalized spacial score (nSPS) is 14.6. The van der Waals surface area contributed by atoms with E-state index < -0.39 is 5.91 Å². The third-order valence-corrected chi connectivity index (χ3v) is 3.51. The first-order valence-electron chi connectivity index (χ1n) is 7.18. The summed E-state index contributed by atoms with van der Waals surface area (Å²) < 4.78 is 0.